The number of carbonyl (C=O) groups is 2. The molecule has 1 aromatic carbocycles. The van der Waals surface area contributed by atoms with Gasteiger partial charge in [0.15, 0.2) is 0 Å². The minimum atomic E-state index is -0.748. The summed E-state index contributed by atoms with van der Waals surface area (Å²) in [7, 11) is 0. The van der Waals surface area contributed by atoms with E-state index in [1.807, 2.05) is 48.7 Å². The Morgan fingerprint density at radius 3 is 2.57 bits per heavy atom. The summed E-state index contributed by atoms with van der Waals surface area (Å²) in [6.45, 7) is 3.93. The fourth-order valence-corrected chi connectivity index (χ4v) is 3.85. The van der Waals surface area contributed by atoms with Crippen molar-refractivity contribution in [3.05, 3.63) is 52.3 Å². The summed E-state index contributed by atoms with van der Waals surface area (Å²) in [4.78, 5) is 24.0. The Hall–Kier alpha value is -2.60. The summed E-state index contributed by atoms with van der Waals surface area (Å²) in [5, 5.41) is 7.38. The molecule has 0 unspecified atom stereocenters. The summed E-state index contributed by atoms with van der Waals surface area (Å²) in [6, 6.07) is 9.65. The minimum absolute atomic E-state index is 0.0885. The first-order valence-corrected chi connectivity index (χ1v) is 9.93. The Morgan fingerprint density at radius 1 is 1.14 bits per heavy atom. The van der Waals surface area contributed by atoms with E-state index < -0.39 is 11.8 Å². The third-order valence-corrected chi connectivity index (χ3v) is 5.40. The van der Waals surface area contributed by atoms with Gasteiger partial charge < -0.3 is 9.88 Å². The van der Waals surface area contributed by atoms with Gasteiger partial charge in [-0.3, -0.25) is 9.59 Å². The number of halogens is 1. The largest absolute Gasteiger partial charge is 0.345 e. The Balaban J connectivity index is 1.64. The van der Waals surface area contributed by atoms with Crippen molar-refractivity contribution in [2.24, 2.45) is 5.10 Å². The number of para-hydroxylation sites is 1. The molecule has 3 rings (SSSR count). The number of amides is 2. The lowest BCUT2D eigenvalue weighted by molar-refractivity contribution is -0.139. The molecule has 0 atom stereocenters. The molecular formula is C21H25ClN4O2. The van der Waals surface area contributed by atoms with Crippen LogP contribution in [0.25, 0.3) is 5.69 Å². The molecule has 0 aliphatic heterocycles. The highest BCUT2D eigenvalue weighted by molar-refractivity contribution is 6.35. The molecule has 1 aliphatic rings. The maximum atomic E-state index is 12.0. The fraction of sp³-hybridized carbons (Fsp3) is 0.381. The number of rotatable bonds is 4. The lowest BCUT2D eigenvalue weighted by Crippen LogP contribution is -2.44. The van der Waals surface area contributed by atoms with Crippen LogP contribution in [-0.2, 0) is 9.59 Å². The third kappa shape index (κ3) is 4.62. The smallest absolute Gasteiger partial charge is 0.329 e. The number of aryl methyl sites for hydroxylation is 1. The first-order valence-electron chi connectivity index (χ1n) is 9.55. The van der Waals surface area contributed by atoms with Crippen LogP contribution in [0.4, 0.5) is 0 Å². The van der Waals surface area contributed by atoms with Gasteiger partial charge in [-0.1, -0.05) is 43.0 Å². The molecular weight excluding hydrogens is 376 g/mol. The predicted octanol–water partition coefficient (Wildman–Crippen LogP) is 3.65. The molecule has 2 N–H and O–H groups in total. The Labute approximate surface area is 170 Å². The van der Waals surface area contributed by atoms with Crippen LogP contribution in [0.15, 0.2) is 35.4 Å². The second-order valence-electron chi connectivity index (χ2n) is 7.12. The van der Waals surface area contributed by atoms with Crippen LogP contribution in [0.1, 0.15) is 49.1 Å². The Bertz CT molecular complexity index is 898. The van der Waals surface area contributed by atoms with Gasteiger partial charge >= 0.3 is 11.8 Å². The molecule has 0 radical (unpaired) electrons. The zero-order valence-electron chi connectivity index (χ0n) is 16.2. The number of hydrogen-bond acceptors (Lipinski definition) is 3. The Morgan fingerprint density at radius 2 is 1.86 bits per heavy atom. The number of hydrazone groups is 1. The van der Waals surface area contributed by atoms with Crippen molar-refractivity contribution in [3.63, 3.8) is 0 Å². The van der Waals surface area contributed by atoms with Crippen LogP contribution in [0.3, 0.4) is 0 Å². The lowest BCUT2D eigenvalue weighted by Gasteiger charge is -2.22. The summed E-state index contributed by atoms with van der Waals surface area (Å²) >= 11 is 6.32. The molecule has 6 nitrogen and oxygen atoms in total. The van der Waals surface area contributed by atoms with Gasteiger partial charge in [-0.15, -0.1) is 0 Å². The van der Waals surface area contributed by atoms with Gasteiger partial charge in [0, 0.05) is 23.0 Å². The second kappa shape index (κ2) is 9.06. The predicted molar refractivity (Wildman–Crippen MR) is 111 cm³/mol. The molecule has 1 heterocycles. The molecule has 0 saturated heterocycles. The Kier molecular flexibility index (Phi) is 6.52. The SMILES string of the molecule is Cc1cc(/C=N\NC(=O)C(=O)NC2CCCCC2)c(C)n1-c1ccccc1Cl. The minimum Gasteiger partial charge on any atom is -0.345 e. The molecule has 2 amide bonds. The van der Waals surface area contributed by atoms with E-state index in [2.05, 4.69) is 15.8 Å². The molecule has 0 spiro atoms. The van der Waals surface area contributed by atoms with E-state index in [9.17, 15) is 9.59 Å². The normalized spacial score (nSPS) is 15.0. The van der Waals surface area contributed by atoms with E-state index in [1.165, 1.54) is 6.42 Å². The van der Waals surface area contributed by atoms with E-state index in [-0.39, 0.29) is 6.04 Å². The molecule has 28 heavy (non-hydrogen) atoms. The molecule has 148 valence electrons. The number of hydrogen-bond donors (Lipinski definition) is 2. The van der Waals surface area contributed by atoms with E-state index in [1.54, 1.807) is 6.21 Å². The highest BCUT2D eigenvalue weighted by Crippen LogP contribution is 2.25. The highest BCUT2D eigenvalue weighted by atomic mass is 35.5. The molecule has 1 fully saturated rings. The molecule has 0 bridgehead atoms. The summed E-state index contributed by atoms with van der Waals surface area (Å²) in [5.41, 5.74) is 5.97. The van der Waals surface area contributed by atoms with Gasteiger partial charge in [0.2, 0.25) is 0 Å². The quantitative estimate of drug-likeness (QED) is 0.467. The van der Waals surface area contributed by atoms with Crippen molar-refractivity contribution in [2.45, 2.75) is 52.0 Å². The van der Waals surface area contributed by atoms with Gasteiger partial charge in [0.1, 0.15) is 0 Å². The van der Waals surface area contributed by atoms with Gasteiger partial charge in [0.05, 0.1) is 16.9 Å². The number of carbonyl (C=O) groups excluding carboxylic acids is 2. The molecule has 7 heteroatoms. The van der Waals surface area contributed by atoms with Crippen molar-refractivity contribution in [3.8, 4) is 5.69 Å². The van der Waals surface area contributed by atoms with Gasteiger partial charge in [-0.05, 0) is 44.9 Å². The fourth-order valence-electron chi connectivity index (χ4n) is 3.63. The van der Waals surface area contributed by atoms with Crippen LogP contribution < -0.4 is 10.7 Å². The number of benzene rings is 1. The average molecular weight is 401 g/mol. The number of aromatic nitrogens is 1. The van der Waals surface area contributed by atoms with Crippen LogP contribution >= 0.6 is 11.6 Å². The summed E-state index contributed by atoms with van der Waals surface area (Å²) in [6.07, 6.45) is 6.76. The summed E-state index contributed by atoms with van der Waals surface area (Å²) in [5.74, 6) is -1.38. The lowest BCUT2D eigenvalue weighted by atomic mass is 9.95. The second-order valence-corrected chi connectivity index (χ2v) is 7.53. The van der Waals surface area contributed by atoms with Crippen LogP contribution in [0, 0.1) is 13.8 Å². The first kappa shape index (κ1) is 20.1. The number of nitrogens with zero attached hydrogens (tertiary/aromatic N) is 2. The molecule has 1 aromatic heterocycles. The zero-order chi connectivity index (χ0) is 20.1. The van der Waals surface area contributed by atoms with Crippen molar-refractivity contribution in [1.29, 1.82) is 0 Å². The summed E-state index contributed by atoms with van der Waals surface area (Å²) < 4.78 is 2.03. The molecule has 1 aliphatic carbocycles. The van der Waals surface area contributed by atoms with Crippen molar-refractivity contribution in [1.82, 2.24) is 15.3 Å². The van der Waals surface area contributed by atoms with E-state index >= 15 is 0 Å². The van der Waals surface area contributed by atoms with Gasteiger partial charge in [0.25, 0.3) is 0 Å². The van der Waals surface area contributed by atoms with E-state index in [0.717, 1.165) is 48.3 Å². The third-order valence-electron chi connectivity index (χ3n) is 5.08. The van der Waals surface area contributed by atoms with Gasteiger partial charge in [-0.2, -0.15) is 5.10 Å². The van der Waals surface area contributed by atoms with E-state index in [4.69, 9.17) is 11.6 Å². The van der Waals surface area contributed by atoms with E-state index in [0.29, 0.717) is 5.02 Å². The first-order chi connectivity index (χ1) is 13.5. The highest BCUT2D eigenvalue weighted by Gasteiger charge is 2.20. The monoisotopic (exact) mass is 400 g/mol. The van der Waals surface area contributed by atoms with Crippen LogP contribution in [0.5, 0.6) is 0 Å². The standard InChI is InChI=1S/C21H25ClN4O2/c1-14-12-16(15(2)26(14)19-11-7-6-10-18(19)22)13-23-25-21(28)20(27)24-17-8-4-3-5-9-17/h6-7,10-13,17H,3-5,8-9H2,1-2H3,(H,24,27)(H,25,28)/b23-13-. The average Bonchev–Trinajstić information content (AvgIpc) is 2.96. The maximum absolute atomic E-state index is 12.0. The topological polar surface area (TPSA) is 75.5 Å². The number of nitrogens with one attached hydrogen (secondary N) is 2. The van der Waals surface area contributed by atoms with Crippen molar-refractivity contribution in [2.75, 3.05) is 0 Å². The molecule has 1 saturated carbocycles. The van der Waals surface area contributed by atoms with Crippen molar-refractivity contribution < 1.29 is 9.59 Å². The van der Waals surface area contributed by atoms with Crippen LogP contribution in [0.2, 0.25) is 5.02 Å². The van der Waals surface area contributed by atoms with Crippen molar-refractivity contribution >= 4 is 29.6 Å². The molecule has 2 aromatic rings. The van der Waals surface area contributed by atoms with Crippen LogP contribution in [-0.4, -0.2) is 28.6 Å². The zero-order valence-corrected chi connectivity index (χ0v) is 16.9. The van der Waals surface area contributed by atoms with Gasteiger partial charge in [-0.25, -0.2) is 5.43 Å². The maximum Gasteiger partial charge on any atom is 0.329 e.